The Kier molecular flexibility index (Phi) is 4.13. The first-order chi connectivity index (χ1) is 9.07. The van der Waals surface area contributed by atoms with Crippen LogP contribution in [-0.2, 0) is 4.79 Å². The van der Waals surface area contributed by atoms with Gasteiger partial charge in [-0.25, -0.2) is 0 Å². The standard InChI is InChI=1S/C16H24N2O/c1-3-12-18(14-8-6-13(17)7-9-14)15(19)16(2)10-4-5-11-16/h6-9H,3-5,10-12,17H2,1-2H3. The van der Waals surface area contributed by atoms with E-state index in [0.717, 1.165) is 37.2 Å². The van der Waals surface area contributed by atoms with Crippen LogP contribution >= 0.6 is 0 Å². The normalized spacial score (nSPS) is 17.4. The van der Waals surface area contributed by atoms with E-state index in [-0.39, 0.29) is 11.3 Å². The lowest BCUT2D eigenvalue weighted by Gasteiger charge is -2.31. The number of rotatable bonds is 4. The van der Waals surface area contributed by atoms with Crippen LogP contribution in [0, 0.1) is 5.41 Å². The molecule has 1 amide bonds. The highest BCUT2D eigenvalue weighted by atomic mass is 16.2. The smallest absolute Gasteiger partial charge is 0.232 e. The average molecular weight is 260 g/mol. The number of nitrogens with two attached hydrogens (primary N) is 1. The second-order valence-electron chi connectivity index (χ2n) is 5.82. The van der Waals surface area contributed by atoms with Crippen molar-refractivity contribution in [1.82, 2.24) is 0 Å². The van der Waals surface area contributed by atoms with Crippen molar-refractivity contribution in [1.29, 1.82) is 0 Å². The van der Waals surface area contributed by atoms with E-state index >= 15 is 0 Å². The summed E-state index contributed by atoms with van der Waals surface area (Å²) in [5.74, 6) is 0.275. The Balaban J connectivity index is 2.24. The van der Waals surface area contributed by atoms with Crippen LogP contribution in [0.1, 0.15) is 46.0 Å². The number of nitrogen functional groups attached to an aromatic ring is 1. The van der Waals surface area contributed by atoms with Gasteiger partial charge in [0, 0.05) is 23.3 Å². The summed E-state index contributed by atoms with van der Waals surface area (Å²) in [5, 5.41) is 0. The summed E-state index contributed by atoms with van der Waals surface area (Å²) in [4.78, 5) is 14.8. The zero-order chi connectivity index (χ0) is 13.9. The van der Waals surface area contributed by atoms with E-state index in [1.165, 1.54) is 12.8 Å². The van der Waals surface area contributed by atoms with Crippen molar-refractivity contribution in [2.24, 2.45) is 5.41 Å². The molecule has 0 spiro atoms. The third-order valence-electron chi connectivity index (χ3n) is 4.12. The summed E-state index contributed by atoms with van der Waals surface area (Å²) < 4.78 is 0. The molecule has 0 atom stereocenters. The summed E-state index contributed by atoms with van der Waals surface area (Å²) in [6, 6.07) is 7.62. The number of carbonyl (C=O) groups is 1. The fourth-order valence-electron chi connectivity index (χ4n) is 2.92. The number of nitrogens with zero attached hydrogens (tertiary/aromatic N) is 1. The van der Waals surface area contributed by atoms with Crippen LogP contribution in [0.15, 0.2) is 24.3 Å². The molecule has 0 aromatic heterocycles. The lowest BCUT2D eigenvalue weighted by atomic mass is 9.87. The first kappa shape index (κ1) is 13.9. The molecule has 0 radical (unpaired) electrons. The van der Waals surface area contributed by atoms with Crippen molar-refractivity contribution in [2.75, 3.05) is 17.2 Å². The molecule has 1 saturated carbocycles. The first-order valence-electron chi connectivity index (χ1n) is 7.24. The van der Waals surface area contributed by atoms with Crippen LogP contribution in [0.2, 0.25) is 0 Å². The first-order valence-corrected chi connectivity index (χ1v) is 7.24. The molecule has 0 heterocycles. The highest BCUT2D eigenvalue weighted by Crippen LogP contribution is 2.40. The molecule has 19 heavy (non-hydrogen) atoms. The number of benzene rings is 1. The topological polar surface area (TPSA) is 46.3 Å². The van der Waals surface area contributed by atoms with Gasteiger partial charge in [0.25, 0.3) is 0 Å². The van der Waals surface area contributed by atoms with Gasteiger partial charge in [0.1, 0.15) is 0 Å². The molecular formula is C16H24N2O. The molecule has 1 aromatic rings. The number of carbonyl (C=O) groups excluding carboxylic acids is 1. The minimum atomic E-state index is -0.170. The summed E-state index contributed by atoms with van der Waals surface area (Å²) in [5.41, 5.74) is 7.25. The molecule has 104 valence electrons. The van der Waals surface area contributed by atoms with Crippen molar-refractivity contribution >= 4 is 17.3 Å². The van der Waals surface area contributed by atoms with E-state index < -0.39 is 0 Å². The Morgan fingerprint density at radius 3 is 2.37 bits per heavy atom. The molecule has 1 aromatic carbocycles. The number of amides is 1. The SMILES string of the molecule is CCCN(C(=O)C1(C)CCCC1)c1ccc(N)cc1. The maximum absolute atomic E-state index is 12.8. The fraction of sp³-hybridized carbons (Fsp3) is 0.562. The number of hydrogen-bond donors (Lipinski definition) is 1. The molecule has 3 nitrogen and oxygen atoms in total. The van der Waals surface area contributed by atoms with Crippen LogP contribution in [0.25, 0.3) is 0 Å². The van der Waals surface area contributed by atoms with Gasteiger partial charge in [-0.15, -0.1) is 0 Å². The fourth-order valence-corrected chi connectivity index (χ4v) is 2.92. The minimum Gasteiger partial charge on any atom is -0.399 e. The lowest BCUT2D eigenvalue weighted by molar-refractivity contribution is -0.127. The van der Waals surface area contributed by atoms with Gasteiger partial charge in [-0.2, -0.15) is 0 Å². The number of anilines is 2. The van der Waals surface area contributed by atoms with Crippen molar-refractivity contribution in [3.05, 3.63) is 24.3 Å². The molecule has 0 unspecified atom stereocenters. The van der Waals surface area contributed by atoms with E-state index in [1.807, 2.05) is 29.2 Å². The quantitative estimate of drug-likeness (QED) is 0.841. The van der Waals surface area contributed by atoms with Crippen molar-refractivity contribution in [3.63, 3.8) is 0 Å². The Morgan fingerprint density at radius 1 is 1.26 bits per heavy atom. The van der Waals surface area contributed by atoms with Gasteiger partial charge in [0.05, 0.1) is 0 Å². The predicted molar refractivity (Wildman–Crippen MR) is 80.1 cm³/mol. The molecule has 0 saturated heterocycles. The Labute approximate surface area is 115 Å². The van der Waals surface area contributed by atoms with Gasteiger partial charge in [0.15, 0.2) is 0 Å². The molecule has 2 rings (SSSR count). The molecule has 0 aliphatic heterocycles. The summed E-state index contributed by atoms with van der Waals surface area (Å²) in [6.07, 6.45) is 5.34. The molecule has 3 heteroatoms. The van der Waals surface area contributed by atoms with Crippen molar-refractivity contribution in [3.8, 4) is 0 Å². The van der Waals surface area contributed by atoms with Crippen molar-refractivity contribution in [2.45, 2.75) is 46.0 Å². The van der Waals surface area contributed by atoms with Crippen LogP contribution in [0.5, 0.6) is 0 Å². The van der Waals surface area contributed by atoms with Crippen LogP contribution in [0.4, 0.5) is 11.4 Å². The van der Waals surface area contributed by atoms with Crippen LogP contribution < -0.4 is 10.6 Å². The van der Waals surface area contributed by atoms with Gasteiger partial charge in [-0.1, -0.05) is 26.7 Å². The lowest BCUT2D eigenvalue weighted by Crippen LogP contribution is -2.41. The van der Waals surface area contributed by atoms with Gasteiger partial charge >= 0.3 is 0 Å². The monoisotopic (exact) mass is 260 g/mol. The van der Waals surface area contributed by atoms with E-state index in [2.05, 4.69) is 13.8 Å². The van der Waals surface area contributed by atoms with E-state index in [9.17, 15) is 4.79 Å². The van der Waals surface area contributed by atoms with Crippen LogP contribution in [-0.4, -0.2) is 12.5 Å². The number of hydrogen-bond acceptors (Lipinski definition) is 2. The summed E-state index contributed by atoms with van der Waals surface area (Å²) in [7, 11) is 0. The maximum atomic E-state index is 12.8. The van der Waals surface area contributed by atoms with E-state index in [1.54, 1.807) is 0 Å². The maximum Gasteiger partial charge on any atom is 0.232 e. The largest absolute Gasteiger partial charge is 0.399 e. The van der Waals surface area contributed by atoms with E-state index in [4.69, 9.17) is 5.73 Å². The average Bonchev–Trinajstić information content (AvgIpc) is 2.85. The second-order valence-corrected chi connectivity index (χ2v) is 5.82. The highest BCUT2D eigenvalue weighted by Gasteiger charge is 2.39. The van der Waals surface area contributed by atoms with Gasteiger partial charge < -0.3 is 10.6 Å². The molecule has 1 aliphatic rings. The van der Waals surface area contributed by atoms with Gasteiger partial charge in [-0.3, -0.25) is 4.79 Å². The Hall–Kier alpha value is -1.51. The third-order valence-corrected chi connectivity index (χ3v) is 4.12. The second kappa shape index (κ2) is 5.64. The highest BCUT2D eigenvalue weighted by molar-refractivity contribution is 5.97. The van der Waals surface area contributed by atoms with Crippen LogP contribution in [0.3, 0.4) is 0 Å². The Morgan fingerprint density at radius 2 is 1.84 bits per heavy atom. The zero-order valence-corrected chi connectivity index (χ0v) is 12.0. The molecule has 0 bridgehead atoms. The van der Waals surface area contributed by atoms with Gasteiger partial charge in [-0.05, 0) is 43.5 Å². The zero-order valence-electron chi connectivity index (χ0n) is 12.0. The Bertz CT molecular complexity index is 433. The summed E-state index contributed by atoms with van der Waals surface area (Å²) in [6.45, 7) is 5.00. The molecule has 2 N–H and O–H groups in total. The van der Waals surface area contributed by atoms with Crippen molar-refractivity contribution < 1.29 is 4.79 Å². The summed E-state index contributed by atoms with van der Waals surface area (Å²) >= 11 is 0. The van der Waals surface area contributed by atoms with Gasteiger partial charge in [0.2, 0.25) is 5.91 Å². The predicted octanol–water partition coefficient (Wildman–Crippen LogP) is 3.59. The minimum absolute atomic E-state index is 0.170. The molecule has 1 aliphatic carbocycles. The van der Waals surface area contributed by atoms with E-state index in [0.29, 0.717) is 0 Å². The third kappa shape index (κ3) is 2.91. The molecular weight excluding hydrogens is 236 g/mol. The molecule has 1 fully saturated rings.